The predicted octanol–water partition coefficient (Wildman–Crippen LogP) is 2.48. The molecule has 3 aromatic heterocycles. The van der Waals surface area contributed by atoms with Crippen molar-refractivity contribution in [2.24, 2.45) is 0 Å². The van der Waals surface area contributed by atoms with Crippen LogP contribution in [0.2, 0.25) is 0 Å². The molecule has 8 nitrogen and oxygen atoms in total. The topological polar surface area (TPSA) is 102 Å². The Labute approximate surface area is 173 Å². The minimum atomic E-state index is -0.513. The molecule has 152 valence electrons. The van der Waals surface area contributed by atoms with Crippen LogP contribution in [0.4, 0.5) is 0 Å². The predicted molar refractivity (Wildman–Crippen MR) is 110 cm³/mol. The van der Waals surface area contributed by atoms with E-state index in [0.717, 1.165) is 11.3 Å². The maximum atomic E-state index is 13.0. The monoisotopic (exact) mass is 403 g/mol. The van der Waals surface area contributed by atoms with Crippen LogP contribution in [0.15, 0.2) is 67.3 Å². The van der Waals surface area contributed by atoms with Crippen LogP contribution in [0.3, 0.4) is 0 Å². The van der Waals surface area contributed by atoms with E-state index in [1.54, 1.807) is 41.9 Å². The zero-order chi connectivity index (χ0) is 20.9. The summed E-state index contributed by atoms with van der Waals surface area (Å²) in [5, 5.41) is 12.7. The van der Waals surface area contributed by atoms with Gasteiger partial charge in [0.05, 0.1) is 24.0 Å². The number of aryl methyl sites for hydroxylation is 1. The smallest absolute Gasteiger partial charge is 0.270 e. The van der Waals surface area contributed by atoms with Crippen molar-refractivity contribution in [3.05, 3.63) is 89.9 Å². The number of fused-ring (bicyclic) bond motifs is 1. The van der Waals surface area contributed by atoms with Gasteiger partial charge in [-0.25, -0.2) is 15.0 Å². The Morgan fingerprint density at radius 2 is 2.03 bits per heavy atom. The molecule has 0 aliphatic rings. The van der Waals surface area contributed by atoms with Crippen LogP contribution in [0.5, 0.6) is 5.75 Å². The number of nitrogens with one attached hydrogen (secondary N) is 1. The number of rotatable bonds is 7. The van der Waals surface area contributed by atoms with Crippen molar-refractivity contribution in [3.8, 4) is 5.75 Å². The number of hydrogen-bond donors (Lipinski definition) is 2. The quantitative estimate of drug-likeness (QED) is 0.492. The van der Waals surface area contributed by atoms with Crippen molar-refractivity contribution in [3.63, 3.8) is 0 Å². The van der Waals surface area contributed by atoms with Gasteiger partial charge in [0.2, 0.25) is 0 Å². The lowest BCUT2D eigenvalue weighted by atomic mass is 10.1. The number of carbonyl (C=O) groups excluding carboxylic acids is 1. The molecule has 0 radical (unpaired) electrons. The zero-order valence-electron chi connectivity index (χ0n) is 16.4. The molecule has 30 heavy (non-hydrogen) atoms. The number of hydrogen-bond acceptors (Lipinski definition) is 6. The van der Waals surface area contributed by atoms with Crippen LogP contribution in [-0.2, 0) is 6.61 Å². The number of imidazole rings is 1. The Bertz CT molecular complexity index is 1150. The number of carbonyl (C=O) groups is 1. The summed E-state index contributed by atoms with van der Waals surface area (Å²) < 4.78 is 7.57. The molecule has 3 heterocycles. The third-order valence-electron chi connectivity index (χ3n) is 4.71. The number of pyridine rings is 1. The SMILES string of the molecule is Cc1nc2c(OCc3ccncn3)cccn2c1C(=O)N[C@@H](CO)c1ccccc1. The van der Waals surface area contributed by atoms with Crippen LogP contribution in [0.1, 0.15) is 33.5 Å². The van der Waals surface area contributed by atoms with Gasteiger partial charge in [-0.2, -0.15) is 0 Å². The van der Waals surface area contributed by atoms with Gasteiger partial charge in [-0.3, -0.25) is 9.20 Å². The molecule has 0 aliphatic carbocycles. The normalized spacial score (nSPS) is 11.9. The number of aromatic nitrogens is 4. The van der Waals surface area contributed by atoms with Gasteiger partial charge in [-0.15, -0.1) is 0 Å². The molecule has 0 unspecified atom stereocenters. The van der Waals surface area contributed by atoms with E-state index in [1.165, 1.54) is 6.33 Å². The van der Waals surface area contributed by atoms with E-state index in [1.807, 2.05) is 30.3 Å². The fraction of sp³-hybridized carbons (Fsp3) is 0.182. The molecule has 1 aromatic carbocycles. The average Bonchev–Trinajstić information content (AvgIpc) is 3.13. The van der Waals surface area contributed by atoms with Gasteiger partial charge in [0.25, 0.3) is 5.91 Å². The summed E-state index contributed by atoms with van der Waals surface area (Å²) >= 11 is 0. The molecule has 0 spiro atoms. The number of aliphatic hydroxyl groups is 1. The second-order valence-electron chi connectivity index (χ2n) is 6.72. The van der Waals surface area contributed by atoms with Gasteiger partial charge in [-0.05, 0) is 30.7 Å². The van der Waals surface area contributed by atoms with Gasteiger partial charge in [0.1, 0.15) is 18.6 Å². The highest BCUT2D eigenvalue weighted by atomic mass is 16.5. The lowest BCUT2D eigenvalue weighted by Crippen LogP contribution is -2.32. The number of benzene rings is 1. The third kappa shape index (κ3) is 3.99. The van der Waals surface area contributed by atoms with Gasteiger partial charge < -0.3 is 15.2 Å². The van der Waals surface area contributed by atoms with Crippen LogP contribution < -0.4 is 10.1 Å². The third-order valence-corrected chi connectivity index (χ3v) is 4.71. The van der Waals surface area contributed by atoms with E-state index >= 15 is 0 Å². The summed E-state index contributed by atoms with van der Waals surface area (Å²) in [7, 11) is 0. The molecular weight excluding hydrogens is 382 g/mol. The molecule has 0 fully saturated rings. The van der Waals surface area contributed by atoms with Gasteiger partial charge in [0, 0.05) is 12.4 Å². The molecular formula is C22H21N5O3. The molecule has 1 atom stereocenters. The summed E-state index contributed by atoms with van der Waals surface area (Å²) in [5.74, 6) is 0.218. The fourth-order valence-electron chi connectivity index (χ4n) is 3.24. The van der Waals surface area contributed by atoms with Gasteiger partial charge in [-0.1, -0.05) is 30.3 Å². The second-order valence-corrected chi connectivity index (χ2v) is 6.72. The molecule has 4 aromatic rings. The molecule has 8 heteroatoms. The summed E-state index contributed by atoms with van der Waals surface area (Å²) in [6, 6.07) is 14.2. The molecule has 0 aliphatic heterocycles. The lowest BCUT2D eigenvalue weighted by Gasteiger charge is -2.17. The van der Waals surface area contributed by atoms with Crippen LogP contribution in [0.25, 0.3) is 5.65 Å². The minimum Gasteiger partial charge on any atom is -0.483 e. The van der Waals surface area contributed by atoms with Crippen molar-refractivity contribution in [2.45, 2.75) is 19.6 Å². The van der Waals surface area contributed by atoms with E-state index < -0.39 is 6.04 Å². The lowest BCUT2D eigenvalue weighted by molar-refractivity contribution is 0.0909. The minimum absolute atomic E-state index is 0.209. The van der Waals surface area contributed by atoms with E-state index in [9.17, 15) is 9.90 Å². The standard InChI is InChI=1S/C22H21N5O3/c1-15-20(22(29)26-18(12-28)16-6-3-2-4-7-16)27-11-5-8-19(21(27)25-15)30-13-17-9-10-23-14-24-17/h2-11,14,18,28H,12-13H2,1H3,(H,26,29)/t18-/m0/s1. The maximum absolute atomic E-state index is 13.0. The first-order valence-corrected chi connectivity index (χ1v) is 9.49. The van der Waals surface area contributed by atoms with Crippen molar-refractivity contribution < 1.29 is 14.6 Å². The van der Waals surface area contributed by atoms with Crippen LogP contribution in [-0.4, -0.2) is 37.0 Å². The Hall–Kier alpha value is -3.78. The highest BCUT2D eigenvalue weighted by Gasteiger charge is 2.22. The Balaban J connectivity index is 1.60. The molecule has 2 N–H and O–H groups in total. The Morgan fingerprint density at radius 1 is 1.20 bits per heavy atom. The number of aliphatic hydroxyl groups excluding tert-OH is 1. The maximum Gasteiger partial charge on any atom is 0.270 e. The average molecular weight is 403 g/mol. The summed E-state index contributed by atoms with van der Waals surface area (Å²) in [6.45, 7) is 1.82. The Kier molecular flexibility index (Phi) is 5.67. The molecule has 0 saturated heterocycles. The van der Waals surface area contributed by atoms with Crippen LogP contribution >= 0.6 is 0 Å². The van der Waals surface area contributed by atoms with Crippen LogP contribution in [0, 0.1) is 6.92 Å². The second kappa shape index (κ2) is 8.71. The number of ether oxygens (including phenoxy) is 1. The number of nitrogens with zero attached hydrogens (tertiary/aromatic N) is 4. The molecule has 1 amide bonds. The van der Waals surface area contributed by atoms with Crippen molar-refractivity contribution >= 4 is 11.6 Å². The van der Waals surface area contributed by atoms with Crippen molar-refractivity contribution in [1.29, 1.82) is 0 Å². The summed E-state index contributed by atoms with van der Waals surface area (Å²) in [6.07, 6.45) is 4.88. The number of amides is 1. The highest BCUT2D eigenvalue weighted by molar-refractivity contribution is 5.95. The summed E-state index contributed by atoms with van der Waals surface area (Å²) in [4.78, 5) is 25.6. The highest BCUT2D eigenvalue weighted by Crippen LogP contribution is 2.23. The fourth-order valence-corrected chi connectivity index (χ4v) is 3.24. The first kappa shape index (κ1) is 19.5. The van der Waals surface area contributed by atoms with E-state index in [2.05, 4.69) is 20.3 Å². The van der Waals surface area contributed by atoms with E-state index in [-0.39, 0.29) is 19.1 Å². The van der Waals surface area contributed by atoms with E-state index in [0.29, 0.717) is 22.8 Å². The molecule has 0 bridgehead atoms. The summed E-state index contributed by atoms with van der Waals surface area (Å²) in [5.41, 5.74) is 3.06. The first-order valence-electron chi connectivity index (χ1n) is 9.49. The van der Waals surface area contributed by atoms with Gasteiger partial charge in [0.15, 0.2) is 11.4 Å². The van der Waals surface area contributed by atoms with E-state index in [4.69, 9.17) is 4.74 Å². The largest absolute Gasteiger partial charge is 0.483 e. The van der Waals surface area contributed by atoms with Crippen molar-refractivity contribution in [1.82, 2.24) is 24.7 Å². The zero-order valence-corrected chi connectivity index (χ0v) is 16.4. The first-order chi connectivity index (χ1) is 14.7. The Morgan fingerprint density at radius 3 is 2.77 bits per heavy atom. The molecule has 0 saturated carbocycles. The molecule has 4 rings (SSSR count). The van der Waals surface area contributed by atoms with Crippen molar-refractivity contribution in [2.75, 3.05) is 6.61 Å². The van der Waals surface area contributed by atoms with Gasteiger partial charge >= 0.3 is 0 Å².